The molecule has 2 aromatic carbocycles. The molecule has 0 aliphatic carbocycles. The molecule has 0 aliphatic heterocycles. The van der Waals surface area contributed by atoms with Crippen LogP contribution in [0, 0.1) is 6.92 Å². The third-order valence-corrected chi connectivity index (χ3v) is 2.92. The fraction of sp³-hybridized carbons (Fsp3) is 0.0714. The first-order valence-corrected chi connectivity index (χ1v) is 5.30. The Morgan fingerprint density at radius 3 is 2.76 bits per heavy atom. The van der Waals surface area contributed by atoms with Crippen LogP contribution in [0.3, 0.4) is 0 Å². The van der Waals surface area contributed by atoms with Gasteiger partial charge in [0, 0.05) is 10.9 Å². The highest BCUT2D eigenvalue weighted by molar-refractivity contribution is 6.11. The highest BCUT2D eigenvalue weighted by Gasteiger charge is 2.12. The van der Waals surface area contributed by atoms with Crippen LogP contribution in [-0.4, -0.2) is 11.4 Å². The molecule has 1 N–H and O–H groups in total. The van der Waals surface area contributed by atoms with Crippen molar-refractivity contribution in [3.05, 3.63) is 41.7 Å². The molecule has 0 bridgehead atoms. The van der Waals surface area contributed by atoms with E-state index in [1.807, 2.05) is 13.0 Å². The number of carbonyl (C=O) groups is 1. The summed E-state index contributed by atoms with van der Waals surface area (Å²) in [5.41, 5.74) is 1.18. The van der Waals surface area contributed by atoms with E-state index in [0.717, 1.165) is 17.4 Å². The maximum Gasteiger partial charge on any atom is 0.150 e. The summed E-state index contributed by atoms with van der Waals surface area (Å²) in [6.45, 7) is 1.83. The molecule has 0 saturated heterocycles. The first-order valence-electron chi connectivity index (χ1n) is 5.30. The van der Waals surface area contributed by atoms with Gasteiger partial charge in [-0.2, -0.15) is 0 Å². The minimum Gasteiger partial charge on any atom is -0.507 e. The van der Waals surface area contributed by atoms with Crippen LogP contribution in [0.1, 0.15) is 16.1 Å². The van der Waals surface area contributed by atoms with Gasteiger partial charge in [0.2, 0.25) is 0 Å². The molecule has 3 heteroatoms. The lowest BCUT2D eigenvalue weighted by Gasteiger charge is -2.03. The second-order valence-corrected chi connectivity index (χ2v) is 4.06. The summed E-state index contributed by atoms with van der Waals surface area (Å²) >= 11 is 0. The van der Waals surface area contributed by atoms with Gasteiger partial charge in [-0.25, -0.2) is 0 Å². The Hall–Kier alpha value is -2.29. The SMILES string of the molecule is Cc1cc2c(O)cc3c(C=O)cccc3c2o1. The zero-order valence-electron chi connectivity index (χ0n) is 9.23. The average molecular weight is 226 g/mol. The van der Waals surface area contributed by atoms with E-state index in [2.05, 4.69) is 0 Å². The Labute approximate surface area is 97.3 Å². The van der Waals surface area contributed by atoms with Crippen molar-refractivity contribution in [2.24, 2.45) is 0 Å². The standard InChI is InChI=1S/C14H10O3/c1-8-5-12-13(16)6-11-9(7-15)3-2-4-10(11)14(12)17-8/h2-7,16H,1H3. The third-order valence-electron chi connectivity index (χ3n) is 2.92. The highest BCUT2D eigenvalue weighted by Crippen LogP contribution is 2.35. The molecule has 0 atom stereocenters. The summed E-state index contributed by atoms with van der Waals surface area (Å²) in [6, 6.07) is 8.80. The van der Waals surface area contributed by atoms with Gasteiger partial charge in [-0.05, 0) is 24.4 Å². The van der Waals surface area contributed by atoms with E-state index in [9.17, 15) is 9.90 Å². The van der Waals surface area contributed by atoms with Gasteiger partial charge in [0.15, 0.2) is 6.29 Å². The van der Waals surface area contributed by atoms with Gasteiger partial charge >= 0.3 is 0 Å². The van der Waals surface area contributed by atoms with Gasteiger partial charge in [-0.3, -0.25) is 4.79 Å². The molecule has 0 saturated carbocycles. The van der Waals surface area contributed by atoms with E-state index < -0.39 is 0 Å². The number of furan rings is 1. The fourth-order valence-corrected chi connectivity index (χ4v) is 2.16. The molecule has 84 valence electrons. The lowest BCUT2D eigenvalue weighted by atomic mass is 10.0. The van der Waals surface area contributed by atoms with Crippen LogP contribution >= 0.6 is 0 Å². The minimum atomic E-state index is 0.138. The highest BCUT2D eigenvalue weighted by atomic mass is 16.3. The molecule has 3 rings (SSSR count). The van der Waals surface area contributed by atoms with Gasteiger partial charge < -0.3 is 9.52 Å². The number of fused-ring (bicyclic) bond motifs is 3. The van der Waals surface area contributed by atoms with Crippen molar-refractivity contribution >= 4 is 28.0 Å². The number of aromatic hydroxyl groups is 1. The number of hydrogen-bond acceptors (Lipinski definition) is 3. The van der Waals surface area contributed by atoms with Crippen molar-refractivity contribution in [3.8, 4) is 5.75 Å². The van der Waals surface area contributed by atoms with E-state index in [1.165, 1.54) is 0 Å². The molecule has 0 aliphatic rings. The number of phenols is 1. The van der Waals surface area contributed by atoms with E-state index in [4.69, 9.17) is 4.42 Å². The van der Waals surface area contributed by atoms with Gasteiger partial charge in [0.25, 0.3) is 0 Å². The van der Waals surface area contributed by atoms with Gasteiger partial charge in [-0.1, -0.05) is 18.2 Å². The van der Waals surface area contributed by atoms with Crippen molar-refractivity contribution in [2.45, 2.75) is 6.92 Å². The predicted molar refractivity (Wildman–Crippen MR) is 65.5 cm³/mol. The first kappa shape index (κ1) is 9.90. The number of phenolic OH excluding ortho intramolecular Hbond substituents is 1. The number of benzene rings is 2. The van der Waals surface area contributed by atoms with Crippen LogP contribution in [0.2, 0.25) is 0 Å². The Kier molecular flexibility index (Phi) is 1.95. The number of rotatable bonds is 1. The molecule has 0 amide bonds. The number of carbonyl (C=O) groups excluding carboxylic acids is 1. The molecule has 0 unspecified atom stereocenters. The maximum atomic E-state index is 11.0. The van der Waals surface area contributed by atoms with E-state index in [1.54, 1.807) is 24.3 Å². The molecular weight excluding hydrogens is 216 g/mol. The van der Waals surface area contributed by atoms with Crippen LogP contribution < -0.4 is 0 Å². The summed E-state index contributed by atoms with van der Waals surface area (Å²) < 4.78 is 5.59. The van der Waals surface area contributed by atoms with Crippen molar-refractivity contribution < 1.29 is 14.3 Å². The van der Waals surface area contributed by atoms with E-state index >= 15 is 0 Å². The van der Waals surface area contributed by atoms with E-state index in [0.29, 0.717) is 21.9 Å². The van der Waals surface area contributed by atoms with Crippen molar-refractivity contribution in [1.29, 1.82) is 0 Å². The van der Waals surface area contributed by atoms with Crippen LogP contribution in [0.5, 0.6) is 5.75 Å². The number of aldehydes is 1. The Bertz CT molecular complexity index is 738. The Morgan fingerprint density at radius 2 is 2.00 bits per heavy atom. The zero-order chi connectivity index (χ0) is 12.0. The second-order valence-electron chi connectivity index (χ2n) is 4.06. The molecule has 0 radical (unpaired) electrons. The summed E-state index contributed by atoms with van der Waals surface area (Å²) in [7, 11) is 0. The maximum absolute atomic E-state index is 11.0. The van der Waals surface area contributed by atoms with Gasteiger partial charge in [-0.15, -0.1) is 0 Å². The summed E-state index contributed by atoms with van der Waals surface area (Å²) in [6.07, 6.45) is 0.781. The molecule has 17 heavy (non-hydrogen) atoms. The average Bonchev–Trinajstić information content (AvgIpc) is 2.71. The molecule has 3 nitrogen and oxygen atoms in total. The largest absolute Gasteiger partial charge is 0.507 e. The summed E-state index contributed by atoms with van der Waals surface area (Å²) in [5.74, 6) is 0.873. The fourth-order valence-electron chi connectivity index (χ4n) is 2.16. The van der Waals surface area contributed by atoms with Gasteiger partial charge in [0.1, 0.15) is 17.1 Å². The third kappa shape index (κ3) is 1.32. The lowest BCUT2D eigenvalue weighted by Crippen LogP contribution is -1.83. The smallest absolute Gasteiger partial charge is 0.150 e. The molecule has 3 aromatic rings. The number of hydrogen-bond donors (Lipinski definition) is 1. The summed E-state index contributed by atoms with van der Waals surface area (Å²) in [5, 5.41) is 12.2. The minimum absolute atomic E-state index is 0.138. The summed E-state index contributed by atoms with van der Waals surface area (Å²) in [4.78, 5) is 11.0. The van der Waals surface area contributed by atoms with Crippen molar-refractivity contribution in [2.75, 3.05) is 0 Å². The second kappa shape index (κ2) is 3.35. The Morgan fingerprint density at radius 1 is 1.18 bits per heavy atom. The van der Waals surface area contributed by atoms with Gasteiger partial charge in [0.05, 0.1) is 5.39 Å². The monoisotopic (exact) mass is 226 g/mol. The molecule has 1 aromatic heterocycles. The van der Waals surface area contributed by atoms with E-state index in [-0.39, 0.29) is 5.75 Å². The predicted octanol–water partition coefficient (Wildman–Crippen LogP) is 3.41. The zero-order valence-corrected chi connectivity index (χ0v) is 9.23. The van der Waals surface area contributed by atoms with Crippen LogP contribution in [0.4, 0.5) is 0 Å². The van der Waals surface area contributed by atoms with Crippen molar-refractivity contribution in [1.82, 2.24) is 0 Å². The normalized spacial score (nSPS) is 11.1. The molecule has 0 spiro atoms. The molecule has 0 fully saturated rings. The van der Waals surface area contributed by atoms with Crippen LogP contribution in [0.15, 0.2) is 34.7 Å². The quantitative estimate of drug-likeness (QED) is 0.647. The van der Waals surface area contributed by atoms with Crippen LogP contribution in [0.25, 0.3) is 21.7 Å². The van der Waals surface area contributed by atoms with Crippen LogP contribution in [-0.2, 0) is 0 Å². The van der Waals surface area contributed by atoms with Crippen molar-refractivity contribution in [3.63, 3.8) is 0 Å². The Balaban J connectivity index is 2.60. The lowest BCUT2D eigenvalue weighted by molar-refractivity contribution is 0.112. The number of aryl methyl sites for hydroxylation is 1. The first-order chi connectivity index (χ1) is 8.20. The topological polar surface area (TPSA) is 50.4 Å². The molecule has 1 heterocycles. The molecular formula is C14H10O3.